The average Bonchev–Trinajstić information content (AvgIpc) is 2.29. The molecule has 2 N–H and O–H groups in total. The van der Waals surface area contributed by atoms with Crippen LogP contribution < -0.4 is 5.73 Å². The molecule has 1 aromatic carbocycles. The molecule has 0 saturated heterocycles. The van der Waals surface area contributed by atoms with Gasteiger partial charge in [0.15, 0.2) is 0 Å². The highest BCUT2D eigenvalue weighted by Crippen LogP contribution is 2.25. The van der Waals surface area contributed by atoms with E-state index in [2.05, 4.69) is 25.9 Å². The van der Waals surface area contributed by atoms with Gasteiger partial charge in [-0.2, -0.15) is 0 Å². The molecular weight excluding hydrogens is 321 g/mol. The lowest BCUT2D eigenvalue weighted by Gasteiger charge is -2.17. The van der Waals surface area contributed by atoms with Crippen molar-refractivity contribution in [3.63, 3.8) is 0 Å². The van der Waals surface area contributed by atoms with E-state index in [0.717, 1.165) is 10.2 Å². The summed E-state index contributed by atoms with van der Waals surface area (Å²) in [6, 6.07) is 6.58. The number of aromatic nitrogens is 2. The number of halogens is 2. The van der Waals surface area contributed by atoms with Crippen LogP contribution in [0.15, 0.2) is 28.7 Å². The minimum Gasteiger partial charge on any atom is -0.325 e. The normalized spacial score (nSPS) is 11.7. The van der Waals surface area contributed by atoms with Gasteiger partial charge in [-0.1, -0.05) is 15.9 Å². The highest BCUT2D eigenvalue weighted by molar-refractivity contribution is 9.10. The van der Waals surface area contributed by atoms with Crippen molar-refractivity contribution in [1.29, 1.82) is 0 Å². The number of nitrogens with two attached hydrogens (primary N) is 1. The first-order chi connectivity index (χ1) is 9.24. The standard InChI is InChI=1S/C15H17BrFN3/c1-9-6-13(11-7-10(16)4-5-12(11)17)20-14(19-9)8-15(2,3)18/h4-7H,8,18H2,1-3H3. The molecule has 1 heterocycles. The molecule has 5 heteroatoms. The van der Waals surface area contributed by atoms with Crippen molar-refractivity contribution >= 4 is 15.9 Å². The van der Waals surface area contributed by atoms with Crippen LogP contribution in [0.2, 0.25) is 0 Å². The molecule has 3 nitrogen and oxygen atoms in total. The van der Waals surface area contributed by atoms with Gasteiger partial charge in [-0.05, 0) is 45.0 Å². The summed E-state index contributed by atoms with van der Waals surface area (Å²) in [5, 5.41) is 0. The van der Waals surface area contributed by atoms with E-state index in [1.807, 2.05) is 20.8 Å². The van der Waals surface area contributed by atoms with Crippen molar-refractivity contribution in [3.05, 3.63) is 46.1 Å². The quantitative estimate of drug-likeness (QED) is 0.930. The molecule has 0 aliphatic heterocycles. The van der Waals surface area contributed by atoms with Gasteiger partial charge in [0, 0.05) is 27.7 Å². The van der Waals surface area contributed by atoms with Crippen LogP contribution in [0.4, 0.5) is 4.39 Å². The molecule has 20 heavy (non-hydrogen) atoms. The van der Waals surface area contributed by atoms with Crippen LogP contribution in [-0.4, -0.2) is 15.5 Å². The zero-order valence-electron chi connectivity index (χ0n) is 11.7. The van der Waals surface area contributed by atoms with E-state index in [9.17, 15) is 4.39 Å². The van der Waals surface area contributed by atoms with Crippen molar-refractivity contribution < 1.29 is 4.39 Å². The molecule has 0 saturated carbocycles. The molecule has 0 radical (unpaired) electrons. The van der Waals surface area contributed by atoms with E-state index in [1.165, 1.54) is 6.07 Å². The monoisotopic (exact) mass is 337 g/mol. The summed E-state index contributed by atoms with van der Waals surface area (Å²) < 4.78 is 14.8. The lowest BCUT2D eigenvalue weighted by molar-refractivity contribution is 0.502. The number of hydrogen-bond donors (Lipinski definition) is 1. The fourth-order valence-electron chi connectivity index (χ4n) is 1.95. The third-order valence-electron chi connectivity index (χ3n) is 2.72. The highest BCUT2D eigenvalue weighted by atomic mass is 79.9. The Hall–Kier alpha value is -1.33. The maximum atomic E-state index is 14.0. The van der Waals surface area contributed by atoms with Crippen LogP contribution in [0, 0.1) is 12.7 Å². The van der Waals surface area contributed by atoms with Gasteiger partial charge in [-0.3, -0.25) is 0 Å². The lowest BCUT2D eigenvalue weighted by atomic mass is 10.0. The summed E-state index contributed by atoms with van der Waals surface area (Å²) in [5.41, 5.74) is 7.43. The second-order valence-electron chi connectivity index (χ2n) is 5.60. The topological polar surface area (TPSA) is 51.8 Å². The maximum absolute atomic E-state index is 14.0. The van der Waals surface area contributed by atoms with E-state index in [0.29, 0.717) is 23.5 Å². The van der Waals surface area contributed by atoms with E-state index >= 15 is 0 Å². The number of benzene rings is 1. The molecule has 2 rings (SSSR count). The van der Waals surface area contributed by atoms with Crippen LogP contribution in [-0.2, 0) is 6.42 Å². The summed E-state index contributed by atoms with van der Waals surface area (Å²) in [6.45, 7) is 5.70. The molecule has 0 aliphatic carbocycles. The molecule has 0 fully saturated rings. The second kappa shape index (κ2) is 5.58. The second-order valence-corrected chi connectivity index (χ2v) is 6.52. The number of aryl methyl sites for hydroxylation is 1. The Morgan fingerprint density at radius 2 is 1.95 bits per heavy atom. The Bertz CT molecular complexity index is 636. The fraction of sp³-hybridized carbons (Fsp3) is 0.333. The van der Waals surface area contributed by atoms with Crippen LogP contribution in [0.1, 0.15) is 25.4 Å². The van der Waals surface area contributed by atoms with Crippen LogP contribution >= 0.6 is 15.9 Å². The third-order valence-corrected chi connectivity index (χ3v) is 3.21. The van der Waals surface area contributed by atoms with Crippen LogP contribution in [0.25, 0.3) is 11.3 Å². The molecule has 0 spiro atoms. The molecule has 2 aromatic rings. The Labute approximate surface area is 126 Å². The predicted molar refractivity (Wildman–Crippen MR) is 81.8 cm³/mol. The van der Waals surface area contributed by atoms with Crippen molar-refractivity contribution in [2.24, 2.45) is 5.73 Å². The molecule has 0 aliphatic rings. The lowest BCUT2D eigenvalue weighted by Crippen LogP contribution is -2.35. The van der Waals surface area contributed by atoms with Gasteiger partial charge in [0.05, 0.1) is 5.69 Å². The van der Waals surface area contributed by atoms with E-state index in [-0.39, 0.29) is 5.82 Å². The van der Waals surface area contributed by atoms with Gasteiger partial charge in [-0.15, -0.1) is 0 Å². The van der Waals surface area contributed by atoms with Gasteiger partial charge in [-0.25, -0.2) is 14.4 Å². The minimum absolute atomic E-state index is 0.302. The first-order valence-electron chi connectivity index (χ1n) is 6.33. The zero-order chi connectivity index (χ0) is 14.9. The molecule has 1 aromatic heterocycles. The summed E-state index contributed by atoms with van der Waals surface area (Å²) in [6.07, 6.45) is 0.539. The van der Waals surface area contributed by atoms with Gasteiger partial charge >= 0.3 is 0 Å². The van der Waals surface area contributed by atoms with Gasteiger partial charge in [0.2, 0.25) is 0 Å². The average molecular weight is 338 g/mol. The number of hydrogen-bond acceptors (Lipinski definition) is 3. The molecule has 0 unspecified atom stereocenters. The fourth-order valence-corrected chi connectivity index (χ4v) is 2.31. The van der Waals surface area contributed by atoms with E-state index in [4.69, 9.17) is 5.73 Å². The smallest absolute Gasteiger partial charge is 0.132 e. The van der Waals surface area contributed by atoms with Gasteiger partial charge in [0.25, 0.3) is 0 Å². The van der Waals surface area contributed by atoms with Crippen LogP contribution in [0.3, 0.4) is 0 Å². The van der Waals surface area contributed by atoms with Gasteiger partial charge in [0.1, 0.15) is 11.6 Å². The summed E-state index contributed by atoms with van der Waals surface area (Å²) in [4.78, 5) is 8.81. The first kappa shape index (κ1) is 15.1. The van der Waals surface area contributed by atoms with E-state index < -0.39 is 5.54 Å². The molecule has 0 amide bonds. The first-order valence-corrected chi connectivity index (χ1v) is 7.13. The van der Waals surface area contributed by atoms with Crippen LogP contribution in [0.5, 0.6) is 0 Å². The van der Waals surface area contributed by atoms with Crippen molar-refractivity contribution in [2.45, 2.75) is 32.7 Å². The van der Waals surface area contributed by atoms with Crippen molar-refractivity contribution in [2.75, 3.05) is 0 Å². The maximum Gasteiger partial charge on any atom is 0.132 e. The number of rotatable bonds is 3. The molecule has 0 bridgehead atoms. The Kier molecular flexibility index (Phi) is 4.20. The predicted octanol–water partition coefficient (Wildman–Crippen LogP) is 3.63. The Morgan fingerprint density at radius 1 is 1.25 bits per heavy atom. The summed E-state index contributed by atoms with van der Waals surface area (Å²) in [5.74, 6) is 0.330. The van der Waals surface area contributed by atoms with Crippen molar-refractivity contribution in [1.82, 2.24) is 9.97 Å². The van der Waals surface area contributed by atoms with Crippen molar-refractivity contribution in [3.8, 4) is 11.3 Å². The third kappa shape index (κ3) is 3.84. The summed E-state index contributed by atoms with van der Waals surface area (Å²) in [7, 11) is 0. The summed E-state index contributed by atoms with van der Waals surface area (Å²) >= 11 is 3.35. The zero-order valence-corrected chi connectivity index (χ0v) is 13.3. The SMILES string of the molecule is Cc1cc(-c2cc(Br)ccc2F)nc(CC(C)(C)N)n1. The Morgan fingerprint density at radius 3 is 2.60 bits per heavy atom. The molecular formula is C15H17BrFN3. The van der Waals surface area contributed by atoms with Gasteiger partial charge < -0.3 is 5.73 Å². The van der Waals surface area contributed by atoms with E-state index in [1.54, 1.807) is 18.2 Å². The highest BCUT2D eigenvalue weighted by Gasteiger charge is 2.16. The minimum atomic E-state index is -0.402. The largest absolute Gasteiger partial charge is 0.325 e. The number of nitrogens with zero attached hydrogens (tertiary/aromatic N) is 2. The Balaban J connectivity index is 2.49. The molecule has 0 atom stereocenters. The molecule has 106 valence electrons.